The standard InChI is InChI=1S/C24H26ClFN4O4/c1-34-22(31)20-7-4-17(25)14-21(20)27-23(32)28-10-8-19(9-11-28)30-13-12-29(24(30)33)15-16-2-5-18(26)6-3-16/h2-7,14,19H,8-13,15H2,1H3,(H,27,32). The molecule has 0 aromatic heterocycles. The molecule has 2 aromatic carbocycles. The lowest BCUT2D eigenvalue weighted by molar-refractivity contribution is 0.0602. The fraction of sp³-hybridized carbons (Fsp3) is 0.375. The Kier molecular flexibility index (Phi) is 7.21. The van der Waals surface area contributed by atoms with E-state index in [2.05, 4.69) is 5.32 Å². The molecule has 0 atom stereocenters. The first-order chi connectivity index (χ1) is 16.4. The Balaban J connectivity index is 1.32. The number of anilines is 1. The van der Waals surface area contributed by atoms with Crippen LogP contribution in [0.15, 0.2) is 42.5 Å². The van der Waals surface area contributed by atoms with Crippen molar-refractivity contribution in [3.63, 3.8) is 0 Å². The summed E-state index contributed by atoms with van der Waals surface area (Å²) in [5, 5.41) is 3.14. The molecular weight excluding hydrogens is 463 g/mol. The molecule has 8 nitrogen and oxygen atoms in total. The zero-order chi connectivity index (χ0) is 24.2. The molecule has 0 unspecified atom stereocenters. The van der Waals surface area contributed by atoms with Gasteiger partial charge in [0, 0.05) is 43.8 Å². The van der Waals surface area contributed by atoms with Crippen molar-refractivity contribution in [2.45, 2.75) is 25.4 Å². The van der Waals surface area contributed by atoms with Crippen molar-refractivity contribution >= 4 is 35.3 Å². The van der Waals surface area contributed by atoms with Crippen molar-refractivity contribution in [3.8, 4) is 0 Å². The summed E-state index contributed by atoms with van der Waals surface area (Å²) in [6, 6.07) is 10.4. The van der Waals surface area contributed by atoms with Crippen LogP contribution in [0.25, 0.3) is 0 Å². The zero-order valence-electron chi connectivity index (χ0n) is 18.8. The first-order valence-electron chi connectivity index (χ1n) is 11.1. The van der Waals surface area contributed by atoms with Crippen LogP contribution >= 0.6 is 11.6 Å². The maximum Gasteiger partial charge on any atom is 0.339 e. The van der Waals surface area contributed by atoms with E-state index >= 15 is 0 Å². The lowest BCUT2D eigenvalue weighted by Gasteiger charge is -2.36. The van der Waals surface area contributed by atoms with Gasteiger partial charge in [0.05, 0.1) is 18.4 Å². The minimum atomic E-state index is -0.566. The molecule has 0 saturated carbocycles. The van der Waals surface area contributed by atoms with Crippen molar-refractivity contribution < 1.29 is 23.5 Å². The average molecular weight is 489 g/mol. The van der Waals surface area contributed by atoms with Gasteiger partial charge in [-0.1, -0.05) is 23.7 Å². The number of carbonyl (C=O) groups excluding carboxylic acids is 3. The minimum Gasteiger partial charge on any atom is -0.465 e. The van der Waals surface area contributed by atoms with Crippen molar-refractivity contribution in [1.82, 2.24) is 14.7 Å². The Morgan fingerprint density at radius 3 is 2.47 bits per heavy atom. The minimum absolute atomic E-state index is 0.0335. The summed E-state index contributed by atoms with van der Waals surface area (Å²) in [6.07, 6.45) is 1.31. The summed E-state index contributed by atoms with van der Waals surface area (Å²) < 4.78 is 17.9. The summed E-state index contributed by atoms with van der Waals surface area (Å²) in [6.45, 7) is 2.64. The number of nitrogens with zero attached hydrogens (tertiary/aromatic N) is 3. The molecule has 0 radical (unpaired) electrons. The number of likely N-dealkylation sites (tertiary alicyclic amines) is 1. The van der Waals surface area contributed by atoms with Crippen LogP contribution in [-0.4, -0.2) is 72.1 Å². The van der Waals surface area contributed by atoms with E-state index in [4.69, 9.17) is 16.3 Å². The van der Waals surface area contributed by atoms with Crippen LogP contribution in [0.2, 0.25) is 5.02 Å². The summed E-state index contributed by atoms with van der Waals surface area (Å²) in [7, 11) is 1.27. The number of amides is 4. The van der Waals surface area contributed by atoms with Gasteiger partial charge in [-0.05, 0) is 48.7 Å². The number of hydrogen-bond donors (Lipinski definition) is 1. The molecule has 2 aliphatic heterocycles. The largest absolute Gasteiger partial charge is 0.465 e. The van der Waals surface area contributed by atoms with E-state index in [9.17, 15) is 18.8 Å². The number of rotatable bonds is 5. The van der Waals surface area contributed by atoms with Gasteiger partial charge in [0.25, 0.3) is 0 Å². The Morgan fingerprint density at radius 1 is 1.09 bits per heavy atom. The van der Waals surface area contributed by atoms with Crippen LogP contribution in [0.3, 0.4) is 0 Å². The maximum absolute atomic E-state index is 13.1. The second kappa shape index (κ2) is 10.3. The first-order valence-corrected chi connectivity index (χ1v) is 11.5. The topological polar surface area (TPSA) is 82.2 Å². The molecule has 10 heteroatoms. The van der Waals surface area contributed by atoms with Gasteiger partial charge >= 0.3 is 18.0 Å². The number of nitrogens with one attached hydrogen (secondary N) is 1. The lowest BCUT2D eigenvalue weighted by atomic mass is 10.0. The number of benzene rings is 2. The fourth-order valence-electron chi connectivity index (χ4n) is 4.38. The maximum atomic E-state index is 13.1. The third-order valence-electron chi connectivity index (χ3n) is 6.23. The molecule has 34 heavy (non-hydrogen) atoms. The highest BCUT2D eigenvalue weighted by Crippen LogP contribution is 2.25. The van der Waals surface area contributed by atoms with Crippen LogP contribution in [0.5, 0.6) is 0 Å². The number of ether oxygens (including phenoxy) is 1. The highest BCUT2D eigenvalue weighted by molar-refractivity contribution is 6.31. The molecule has 2 aromatic rings. The van der Waals surface area contributed by atoms with E-state index < -0.39 is 5.97 Å². The summed E-state index contributed by atoms with van der Waals surface area (Å²) >= 11 is 6.03. The van der Waals surface area contributed by atoms with Gasteiger partial charge in [0.2, 0.25) is 0 Å². The molecule has 2 heterocycles. The van der Waals surface area contributed by atoms with Crippen molar-refractivity contribution in [2.75, 3.05) is 38.6 Å². The number of esters is 1. The number of urea groups is 2. The molecule has 0 spiro atoms. The second-order valence-electron chi connectivity index (χ2n) is 8.35. The van der Waals surface area contributed by atoms with E-state index in [1.54, 1.807) is 28.0 Å². The van der Waals surface area contributed by atoms with Gasteiger partial charge in [-0.25, -0.2) is 18.8 Å². The molecule has 4 rings (SSSR count). The summed E-state index contributed by atoms with van der Waals surface area (Å²) in [4.78, 5) is 43.0. The van der Waals surface area contributed by atoms with Gasteiger partial charge < -0.3 is 24.8 Å². The first kappa shape index (κ1) is 23.8. The van der Waals surface area contributed by atoms with Crippen LogP contribution in [0, 0.1) is 5.82 Å². The van der Waals surface area contributed by atoms with Crippen molar-refractivity contribution in [2.24, 2.45) is 0 Å². The fourth-order valence-corrected chi connectivity index (χ4v) is 4.55. The lowest BCUT2D eigenvalue weighted by Crippen LogP contribution is -2.49. The van der Waals surface area contributed by atoms with Gasteiger partial charge in [-0.15, -0.1) is 0 Å². The third-order valence-corrected chi connectivity index (χ3v) is 6.47. The highest BCUT2D eigenvalue weighted by Gasteiger charge is 2.36. The third kappa shape index (κ3) is 5.25. The van der Waals surface area contributed by atoms with E-state index in [-0.39, 0.29) is 35.2 Å². The van der Waals surface area contributed by atoms with Gasteiger partial charge in [0.1, 0.15) is 5.82 Å². The van der Waals surface area contributed by atoms with Gasteiger partial charge in [0.15, 0.2) is 0 Å². The summed E-state index contributed by atoms with van der Waals surface area (Å²) in [5.41, 5.74) is 1.40. The Hall–Kier alpha value is -3.33. The van der Waals surface area contributed by atoms with Crippen molar-refractivity contribution in [3.05, 3.63) is 64.4 Å². The zero-order valence-corrected chi connectivity index (χ0v) is 19.6. The highest BCUT2D eigenvalue weighted by atomic mass is 35.5. The van der Waals surface area contributed by atoms with E-state index in [1.165, 1.54) is 31.4 Å². The Bertz CT molecular complexity index is 1070. The molecule has 2 aliphatic rings. The summed E-state index contributed by atoms with van der Waals surface area (Å²) in [5.74, 6) is -0.866. The van der Waals surface area contributed by atoms with E-state index in [0.29, 0.717) is 50.6 Å². The molecule has 0 aliphatic carbocycles. The molecule has 1 N–H and O–H groups in total. The molecule has 2 fully saturated rings. The van der Waals surface area contributed by atoms with Gasteiger partial charge in [-0.2, -0.15) is 0 Å². The predicted molar refractivity (Wildman–Crippen MR) is 125 cm³/mol. The number of methoxy groups -OCH3 is 1. The van der Waals surface area contributed by atoms with Crippen LogP contribution < -0.4 is 5.32 Å². The molecule has 180 valence electrons. The number of carbonyl (C=O) groups is 3. The molecule has 0 bridgehead atoms. The SMILES string of the molecule is COC(=O)c1ccc(Cl)cc1NC(=O)N1CCC(N2CCN(Cc3ccc(F)cc3)C2=O)CC1. The molecule has 2 saturated heterocycles. The average Bonchev–Trinajstić information content (AvgIpc) is 3.20. The second-order valence-corrected chi connectivity index (χ2v) is 8.79. The van der Waals surface area contributed by atoms with Crippen LogP contribution in [0.4, 0.5) is 19.7 Å². The quantitative estimate of drug-likeness (QED) is 0.639. The number of piperidine rings is 1. The van der Waals surface area contributed by atoms with Gasteiger partial charge in [-0.3, -0.25) is 0 Å². The number of halogens is 2. The number of hydrogen-bond acceptors (Lipinski definition) is 4. The van der Waals surface area contributed by atoms with Crippen LogP contribution in [0.1, 0.15) is 28.8 Å². The van der Waals surface area contributed by atoms with E-state index in [0.717, 1.165) is 5.56 Å². The normalized spacial score (nSPS) is 16.7. The smallest absolute Gasteiger partial charge is 0.339 e. The van der Waals surface area contributed by atoms with Crippen molar-refractivity contribution in [1.29, 1.82) is 0 Å². The van der Waals surface area contributed by atoms with Crippen LogP contribution in [-0.2, 0) is 11.3 Å². The monoisotopic (exact) mass is 488 g/mol. The predicted octanol–water partition coefficient (Wildman–Crippen LogP) is 4.20. The molecule has 4 amide bonds. The van der Waals surface area contributed by atoms with E-state index in [1.807, 2.05) is 4.90 Å². The Labute approximate surface area is 202 Å². The Morgan fingerprint density at radius 2 is 1.79 bits per heavy atom. The molecular formula is C24H26ClFN4O4.